The quantitative estimate of drug-likeness (QED) is 0.842. The lowest BCUT2D eigenvalue weighted by atomic mass is 10.2. The van der Waals surface area contributed by atoms with Crippen LogP contribution in [0.1, 0.15) is 5.56 Å². The van der Waals surface area contributed by atoms with E-state index in [0.717, 1.165) is 16.3 Å². The van der Waals surface area contributed by atoms with Crippen LogP contribution in [-0.2, 0) is 9.72 Å². The topological polar surface area (TPSA) is 48.2 Å². The molecule has 2 N–H and O–H groups in total. The van der Waals surface area contributed by atoms with Gasteiger partial charge in [-0.3, -0.25) is 4.78 Å². The highest BCUT2D eigenvalue weighted by molar-refractivity contribution is 8.75. The second-order valence-corrected chi connectivity index (χ2v) is 7.17. The predicted octanol–water partition coefficient (Wildman–Crippen LogP) is 3.87. The average Bonchev–Trinajstić information content (AvgIpc) is 2.82. The maximum absolute atomic E-state index is 8.14. The van der Waals surface area contributed by atoms with Crippen molar-refractivity contribution in [1.29, 1.82) is 4.78 Å². The van der Waals surface area contributed by atoms with Crippen LogP contribution in [0.25, 0.3) is 0 Å². The van der Waals surface area contributed by atoms with Crippen molar-refractivity contribution in [2.24, 2.45) is 4.99 Å². The summed E-state index contributed by atoms with van der Waals surface area (Å²) in [7, 11) is 0.932. The molecular weight excluding hydrogens is 274 g/mol. The zero-order valence-corrected chi connectivity index (χ0v) is 11.7. The normalized spacial score (nSPS) is 22.0. The van der Waals surface area contributed by atoms with Gasteiger partial charge in [-0.1, -0.05) is 48.5 Å². The van der Waals surface area contributed by atoms with Gasteiger partial charge < -0.3 is 5.32 Å². The Hall–Kier alpha value is -1.59. The van der Waals surface area contributed by atoms with Crippen LogP contribution in [0.5, 0.6) is 0 Å². The maximum Gasteiger partial charge on any atom is 0.179 e. The molecule has 1 aliphatic heterocycles. The van der Waals surface area contributed by atoms with Gasteiger partial charge in [-0.2, -0.15) is 0 Å². The summed E-state index contributed by atoms with van der Waals surface area (Å²) in [6, 6.07) is 20.0. The molecule has 3 nitrogen and oxygen atoms in total. The minimum Gasteiger partial charge on any atom is -0.355 e. The molecule has 0 amide bonds. The Morgan fingerprint density at radius 3 is 2.32 bits per heavy atom. The van der Waals surface area contributed by atoms with E-state index in [2.05, 4.69) is 10.3 Å². The summed E-state index contributed by atoms with van der Waals surface area (Å²) in [6.45, 7) is 0. The molecule has 2 aromatic rings. The lowest BCUT2D eigenvalue weighted by Crippen LogP contribution is -2.09. The summed E-state index contributed by atoms with van der Waals surface area (Å²) >= 11 is 0. The summed E-state index contributed by atoms with van der Waals surface area (Å²) in [6.07, 6.45) is 0. The monoisotopic (exact) mass is 287 g/mol. The lowest BCUT2D eigenvalue weighted by Gasteiger charge is -2.09. The molecule has 1 heterocycles. The molecule has 1 aliphatic rings. The molecule has 19 heavy (non-hydrogen) atoms. The van der Waals surface area contributed by atoms with Crippen LogP contribution in [0, 0.1) is 4.78 Å². The molecule has 0 bridgehead atoms. The number of nitrogens with zero attached hydrogens (tertiary/aromatic N) is 1. The Morgan fingerprint density at radius 1 is 1.00 bits per heavy atom. The number of hydrogen-bond donors (Lipinski definition) is 2. The van der Waals surface area contributed by atoms with Crippen molar-refractivity contribution in [3.8, 4) is 0 Å². The number of rotatable bonds is 3. The molecule has 0 aromatic heterocycles. The molecule has 0 radical (unpaired) electrons. The van der Waals surface area contributed by atoms with Gasteiger partial charge in [0.05, 0.1) is 0 Å². The highest BCUT2D eigenvalue weighted by Crippen LogP contribution is 2.30. The highest BCUT2D eigenvalue weighted by Gasteiger charge is 2.23. The highest BCUT2D eigenvalue weighted by atomic mass is 33.1. The minimum atomic E-state index is -0.611. The summed E-state index contributed by atoms with van der Waals surface area (Å²) in [5.74, 6) is 0. The van der Waals surface area contributed by atoms with Gasteiger partial charge in [0.2, 0.25) is 0 Å². The van der Waals surface area contributed by atoms with Crippen LogP contribution in [0.3, 0.4) is 0 Å². The number of benzene rings is 2. The molecule has 3 rings (SSSR count). The molecule has 0 aliphatic carbocycles. The Morgan fingerprint density at radius 2 is 1.63 bits per heavy atom. The zero-order chi connectivity index (χ0) is 13.1. The second kappa shape index (κ2) is 5.59. The van der Waals surface area contributed by atoms with Crippen molar-refractivity contribution in [2.75, 3.05) is 5.32 Å². The van der Waals surface area contributed by atoms with Gasteiger partial charge in [0.1, 0.15) is 5.04 Å². The largest absolute Gasteiger partial charge is 0.355 e. The van der Waals surface area contributed by atoms with Gasteiger partial charge in [0.15, 0.2) is 5.50 Å². The van der Waals surface area contributed by atoms with Crippen LogP contribution in [0.2, 0.25) is 0 Å². The van der Waals surface area contributed by atoms with Crippen LogP contribution < -0.4 is 5.32 Å². The van der Waals surface area contributed by atoms with Crippen LogP contribution in [0.4, 0.5) is 5.69 Å². The van der Waals surface area contributed by atoms with Gasteiger partial charge in [-0.25, -0.2) is 4.99 Å². The van der Waals surface area contributed by atoms with Crippen molar-refractivity contribution in [1.82, 2.24) is 0 Å². The maximum atomic E-state index is 8.14. The minimum absolute atomic E-state index is 0.0709. The standard InChI is InChI=1S/C14H13N3S2/c15-19-13(11-7-3-1-4-8-11)17-14(18-19)16-12-9-5-2-6-10-12/h1-10,14-16H. The molecule has 0 fully saturated rings. The predicted molar refractivity (Wildman–Crippen MR) is 84.5 cm³/mol. The van der Waals surface area contributed by atoms with Gasteiger partial charge in [-0.05, 0) is 22.9 Å². The van der Waals surface area contributed by atoms with E-state index >= 15 is 0 Å². The Kier molecular flexibility index (Phi) is 3.66. The van der Waals surface area contributed by atoms with Crippen molar-refractivity contribution in [2.45, 2.75) is 5.50 Å². The number of aliphatic imine (C=N–C) groups is 1. The van der Waals surface area contributed by atoms with Gasteiger partial charge >= 0.3 is 0 Å². The van der Waals surface area contributed by atoms with Crippen LogP contribution >= 0.6 is 10.8 Å². The third-order valence-electron chi connectivity index (χ3n) is 2.68. The lowest BCUT2D eigenvalue weighted by molar-refractivity contribution is 1.08. The molecule has 2 aromatic carbocycles. The van der Waals surface area contributed by atoms with Crippen molar-refractivity contribution < 1.29 is 0 Å². The first-order valence-corrected chi connectivity index (χ1v) is 8.52. The molecule has 2 atom stereocenters. The molecule has 0 saturated carbocycles. The first kappa shape index (κ1) is 12.4. The molecule has 5 heteroatoms. The fourth-order valence-electron chi connectivity index (χ4n) is 1.81. The van der Waals surface area contributed by atoms with Gasteiger partial charge in [0, 0.05) is 21.0 Å². The van der Waals surface area contributed by atoms with E-state index in [0.29, 0.717) is 0 Å². The van der Waals surface area contributed by atoms with E-state index in [-0.39, 0.29) is 5.50 Å². The molecule has 0 saturated heterocycles. The van der Waals surface area contributed by atoms with E-state index in [4.69, 9.17) is 4.78 Å². The van der Waals surface area contributed by atoms with Gasteiger partial charge in [0.25, 0.3) is 0 Å². The fourth-order valence-corrected chi connectivity index (χ4v) is 4.54. The van der Waals surface area contributed by atoms with Crippen LogP contribution in [-0.4, -0.2) is 10.5 Å². The number of para-hydroxylation sites is 1. The van der Waals surface area contributed by atoms with E-state index in [1.54, 1.807) is 10.8 Å². The zero-order valence-electron chi connectivity index (χ0n) is 10.1. The van der Waals surface area contributed by atoms with E-state index in [1.165, 1.54) is 0 Å². The number of hydrogen-bond acceptors (Lipinski definition) is 4. The van der Waals surface area contributed by atoms with Crippen molar-refractivity contribution in [3.05, 3.63) is 66.2 Å². The SMILES string of the molecule is N=S1SC(Nc2ccccc2)N=C1c1ccccc1. The van der Waals surface area contributed by atoms with Gasteiger partial charge in [-0.15, -0.1) is 0 Å². The van der Waals surface area contributed by atoms with Crippen LogP contribution in [0.15, 0.2) is 65.7 Å². The van der Waals surface area contributed by atoms with E-state index < -0.39 is 9.72 Å². The van der Waals surface area contributed by atoms with Crippen molar-refractivity contribution in [3.63, 3.8) is 0 Å². The number of nitrogens with one attached hydrogen (secondary N) is 2. The first-order chi connectivity index (χ1) is 9.33. The van der Waals surface area contributed by atoms with Crippen molar-refractivity contribution >= 4 is 31.2 Å². The smallest absolute Gasteiger partial charge is 0.179 e. The molecule has 0 spiro atoms. The summed E-state index contributed by atoms with van der Waals surface area (Å²) < 4.78 is 8.14. The average molecular weight is 287 g/mol. The van der Waals surface area contributed by atoms with E-state index in [1.807, 2.05) is 60.7 Å². The number of anilines is 1. The Balaban J connectivity index is 1.80. The molecular formula is C14H13N3S2. The third kappa shape index (κ3) is 2.88. The second-order valence-electron chi connectivity index (χ2n) is 4.03. The Labute approximate surface area is 118 Å². The van der Waals surface area contributed by atoms with E-state index in [9.17, 15) is 0 Å². The molecule has 2 unspecified atom stereocenters. The summed E-state index contributed by atoms with van der Waals surface area (Å²) in [5, 5.41) is 4.21. The first-order valence-electron chi connectivity index (χ1n) is 5.90. The third-order valence-corrected chi connectivity index (χ3v) is 5.57. The molecule has 96 valence electrons. The Bertz CT molecular complexity index is 611. The fraction of sp³-hybridized carbons (Fsp3) is 0.0714. The summed E-state index contributed by atoms with van der Waals surface area (Å²) in [4.78, 5) is 4.63. The summed E-state index contributed by atoms with van der Waals surface area (Å²) in [5.41, 5.74) is 2.01.